The zero-order valence-corrected chi connectivity index (χ0v) is 18.3. The third kappa shape index (κ3) is 4.18. The van der Waals surface area contributed by atoms with Gasteiger partial charge in [0.05, 0.1) is 23.5 Å². The zero-order valence-electron chi connectivity index (χ0n) is 17.5. The van der Waals surface area contributed by atoms with Gasteiger partial charge in [-0.2, -0.15) is 0 Å². The van der Waals surface area contributed by atoms with Crippen LogP contribution in [-0.2, 0) is 11.3 Å². The molecule has 1 aliphatic carbocycles. The van der Waals surface area contributed by atoms with E-state index in [1.165, 1.54) is 11.8 Å². The van der Waals surface area contributed by atoms with Crippen molar-refractivity contribution < 1.29 is 9.59 Å². The number of nitrogens with one attached hydrogen (secondary N) is 1. The van der Waals surface area contributed by atoms with E-state index in [1.54, 1.807) is 6.20 Å². The maximum Gasteiger partial charge on any atom is 0.257 e. The second-order valence-corrected chi connectivity index (χ2v) is 9.05. The van der Waals surface area contributed by atoms with Gasteiger partial charge in [0.15, 0.2) is 5.12 Å². The van der Waals surface area contributed by atoms with E-state index in [9.17, 15) is 9.59 Å². The van der Waals surface area contributed by atoms with E-state index < -0.39 is 0 Å². The molecule has 1 aliphatic rings. The number of para-hydroxylation sites is 2. The summed E-state index contributed by atoms with van der Waals surface area (Å²) in [6.07, 6.45) is 6.71. The molecule has 4 aromatic rings. The highest BCUT2D eigenvalue weighted by atomic mass is 32.2. The highest BCUT2D eigenvalue weighted by molar-refractivity contribution is 8.13. The fraction of sp³-hybridized carbons (Fsp3) is 0.192. The van der Waals surface area contributed by atoms with Gasteiger partial charge in [-0.15, -0.1) is 0 Å². The monoisotopic (exact) mass is 441 g/mol. The van der Waals surface area contributed by atoms with Crippen LogP contribution in [0.3, 0.4) is 0 Å². The van der Waals surface area contributed by atoms with E-state index in [0.717, 1.165) is 40.8 Å². The van der Waals surface area contributed by atoms with E-state index in [-0.39, 0.29) is 16.9 Å². The zero-order chi connectivity index (χ0) is 21.9. The molecule has 0 radical (unpaired) electrons. The van der Waals surface area contributed by atoms with Gasteiger partial charge in [-0.3, -0.25) is 14.6 Å². The van der Waals surface area contributed by atoms with Crippen LogP contribution in [0, 0.1) is 5.92 Å². The summed E-state index contributed by atoms with van der Waals surface area (Å²) in [6, 6.07) is 21.2. The van der Waals surface area contributed by atoms with E-state index in [4.69, 9.17) is 0 Å². The van der Waals surface area contributed by atoms with Gasteiger partial charge in [0.2, 0.25) is 0 Å². The van der Waals surface area contributed by atoms with Crippen LogP contribution in [0.5, 0.6) is 0 Å². The molecule has 160 valence electrons. The number of thioether (sulfide) groups is 1. The predicted molar refractivity (Wildman–Crippen MR) is 128 cm³/mol. The van der Waals surface area contributed by atoms with Gasteiger partial charge in [-0.05, 0) is 54.9 Å². The second kappa shape index (κ2) is 9.01. The Labute approximate surface area is 190 Å². The van der Waals surface area contributed by atoms with Gasteiger partial charge < -0.3 is 9.88 Å². The summed E-state index contributed by atoms with van der Waals surface area (Å²) in [7, 11) is 0. The van der Waals surface area contributed by atoms with Crippen molar-refractivity contribution in [2.45, 2.75) is 30.7 Å². The fourth-order valence-electron chi connectivity index (χ4n) is 3.91. The number of hydrogen-bond donors (Lipinski definition) is 1. The summed E-state index contributed by atoms with van der Waals surface area (Å²) in [5.74, 6) is -0.0431. The first kappa shape index (κ1) is 20.5. The highest BCUT2D eigenvalue weighted by Gasteiger charge is 2.26. The number of rotatable bonds is 6. The van der Waals surface area contributed by atoms with Crippen LogP contribution in [-0.4, -0.2) is 20.6 Å². The molecule has 1 N–H and O–H groups in total. The normalized spacial score (nSPS) is 13.6. The number of aromatic nitrogens is 2. The maximum absolute atomic E-state index is 13.3. The summed E-state index contributed by atoms with van der Waals surface area (Å²) in [6.45, 7) is 0.580. The molecule has 0 saturated heterocycles. The molecule has 2 aromatic carbocycles. The van der Waals surface area contributed by atoms with Crippen LogP contribution >= 0.6 is 11.8 Å². The van der Waals surface area contributed by atoms with Crippen LogP contribution in [0.2, 0.25) is 0 Å². The number of amides is 1. The average molecular weight is 442 g/mol. The average Bonchev–Trinajstić information content (AvgIpc) is 3.13. The van der Waals surface area contributed by atoms with Crippen molar-refractivity contribution in [3.05, 3.63) is 90.4 Å². The van der Waals surface area contributed by atoms with E-state index >= 15 is 0 Å². The van der Waals surface area contributed by atoms with Gasteiger partial charge in [0.25, 0.3) is 5.91 Å². The minimum atomic E-state index is -0.190. The van der Waals surface area contributed by atoms with Crippen molar-refractivity contribution in [2.24, 2.45) is 5.92 Å². The number of benzene rings is 2. The Bertz CT molecular complexity index is 1280. The Balaban J connectivity index is 1.42. The third-order valence-electron chi connectivity index (χ3n) is 5.88. The second-order valence-electron chi connectivity index (χ2n) is 8.01. The summed E-state index contributed by atoms with van der Waals surface area (Å²) in [4.78, 5) is 31.0. The Morgan fingerprint density at radius 1 is 1.00 bits per heavy atom. The summed E-state index contributed by atoms with van der Waals surface area (Å²) >= 11 is 1.23. The molecule has 6 heteroatoms. The molecule has 0 spiro atoms. The van der Waals surface area contributed by atoms with Crippen molar-refractivity contribution in [3.63, 3.8) is 0 Å². The number of pyridine rings is 1. The molecule has 2 heterocycles. The molecule has 32 heavy (non-hydrogen) atoms. The molecule has 0 atom stereocenters. The standard InChI is InChI=1S/C26H23N3O2S/c30-25(28-22-12-2-4-14-24(22)32-26(31)18-8-7-9-18)21-17-29(16-19-10-5-6-15-27-19)23-13-3-1-11-20(21)23/h1-6,10-15,17-18H,7-9,16H2,(H,28,30). The highest BCUT2D eigenvalue weighted by Crippen LogP contribution is 2.36. The molecule has 1 fully saturated rings. The first-order valence-corrected chi connectivity index (χ1v) is 11.6. The predicted octanol–water partition coefficient (Wildman–Crippen LogP) is 5.76. The van der Waals surface area contributed by atoms with Crippen molar-refractivity contribution in [3.8, 4) is 0 Å². The lowest BCUT2D eigenvalue weighted by Gasteiger charge is -2.23. The van der Waals surface area contributed by atoms with Gasteiger partial charge >= 0.3 is 0 Å². The largest absolute Gasteiger partial charge is 0.341 e. The van der Waals surface area contributed by atoms with Gasteiger partial charge in [0, 0.05) is 34.1 Å². The van der Waals surface area contributed by atoms with Crippen LogP contribution in [0.1, 0.15) is 35.3 Å². The van der Waals surface area contributed by atoms with Gasteiger partial charge in [0.1, 0.15) is 0 Å². The maximum atomic E-state index is 13.3. The summed E-state index contributed by atoms with van der Waals surface area (Å²) in [5, 5.41) is 4.11. The van der Waals surface area contributed by atoms with Crippen molar-refractivity contribution in [2.75, 3.05) is 5.32 Å². The third-order valence-corrected chi connectivity index (χ3v) is 6.99. The molecule has 1 saturated carbocycles. The topological polar surface area (TPSA) is 64.0 Å². The summed E-state index contributed by atoms with van der Waals surface area (Å²) < 4.78 is 2.05. The van der Waals surface area contributed by atoms with E-state index in [0.29, 0.717) is 17.8 Å². The van der Waals surface area contributed by atoms with Crippen LogP contribution in [0.25, 0.3) is 10.9 Å². The first-order valence-electron chi connectivity index (χ1n) is 10.8. The van der Waals surface area contributed by atoms with Gasteiger partial charge in [-0.1, -0.05) is 42.8 Å². The lowest BCUT2D eigenvalue weighted by atomic mass is 9.87. The first-order chi connectivity index (χ1) is 15.7. The molecule has 5 nitrogen and oxygen atoms in total. The fourth-order valence-corrected chi connectivity index (χ4v) is 4.90. The minimum absolute atomic E-state index is 0.147. The summed E-state index contributed by atoms with van der Waals surface area (Å²) in [5.41, 5.74) is 3.17. The number of fused-ring (bicyclic) bond motifs is 1. The number of carbonyl (C=O) groups is 2. The Hall–Kier alpha value is -3.38. The lowest BCUT2D eigenvalue weighted by molar-refractivity contribution is -0.116. The molecule has 0 bridgehead atoms. The molecular weight excluding hydrogens is 418 g/mol. The smallest absolute Gasteiger partial charge is 0.257 e. The number of anilines is 1. The van der Waals surface area contributed by atoms with Crippen LogP contribution in [0.15, 0.2) is 84.0 Å². The molecule has 0 aliphatic heterocycles. The van der Waals surface area contributed by atoms with E-state index in [1.807, 2.05) is 77.5 Å². The Morgan fingerprint density at radius 3 is 2.56 bits per heavy atom. The van der Waals surface area contributed by atoms with E-state index in [2.05, 4.69) is 10.3 Å². The molecule has 2 aromatic heterocycles. The lowest BCUT2D eigenvalue weighted by Crippen LogP contribution is -2.19. The number of hydrogen-bond acceptors (Lipinski definition) is 4. The molecule has 1 amide bonds. The van der Waals surface area contributed by atoms with Crippen molar-refractivity contribution in [1.29, 1.82) is 0 Å². The quantitative estimate of drug-likeness (QED) is 0.387. The number of carbonyl (C=O) groups excluding carboxylic acids is 2. The molecule has 5 rings (SSSR count). The Kier molecular flexibility index (Phi) is 5.77. The molecule has 0 unspecified atom stereocenters. The van der Waals surface area contributed by atoms with Crippen LogP contribution < -0.4 is 5.32 Å². The SMILES string of the molecule is O=C(Nc1ccccc1SC(=O)C1CCC1)c1cn(Cc2ccccn2)c2ccccc12. The minimum Gasteiger partial charge on any atom is -0.341 e. The molecular formula is C26H23N3O2S. The van der Waals surface area contributed by atoms with Crippen LogP contribution in [0.4, 0.5) is 5.69 Å². The van der Waals surface area contributed by atoms with Gasteiger partial charge in [-0.25, -0.2) is 0 Å². The van der Waals surface area contributed by atoms with Crippen molar-refractivity contribution in [1.82, 2.24) is 9.55 Å². The van der Waals surface area contributed by atoms with Crippen molar-refractivity contribution >= 4 is 39.4 Å². The Morgan fingerprint density at radius 2 is 1.78 bits per heavy atom. The number of nitrogens with zero attached hydrogens (tertiary/aromatic N) is 2.